The quantitative estimate of drug-likeness (QED) is 0.700. The maximum atomic E-state index is 5.32. The monoisotopic (exact) mass is 334 g/mol. The van der Waals surface area contributed by atoms with Gasteiger partial charge in [-0.1, -0.05) is 30.3 Å². The summed E-state index contributed by atoms with van der Waals surface area (Å²) in [7, 11) is 4.79. The Morgan fingerprint density at radius 2 is 1.00 bits per heavy atom. The summed E-state index contributed by atoms with van der Waals surface area (Å²) in [5, 5.41) is 0.975. The molecule has 0 heterocycles. The first-order chi connectivity index (χ1) is 9.97. The van der Waals surface area contributed by atoms with Crippen LogP contribution in [-0.2, 0) is 26.6 Å². The smallest absolute Gasteiger partial charge is 0.377 e. The minimum Gasteiger partial charge on any atom is -0.377 e. The molecule has 0 saturated heterocycles. The minimum absolute atomic E-state index is 0.975. The van der Waals surface area contributed by atoms with Gasteiger partial charge in [-0.05, 0) is 0 Å². The SMILES string of the molecule is CO[Si](C)(OC)OC.CO[Si](OC)(OC)c1ccccc1. The molecule has 0 saturated carbocycles. The van der Waals surface area contributed by atoms with Gasteiger partial charge in [0, 0.05) is 54.4 Å². The molecule has 0 fully saturated rings. The number of rotatable bonds is 7. The molecule has 0 aliphatic carbocycles. The molecule has 0 radical (unpaired) electrons. The summed E-state index contributed by atoms with van der Waals surface area (Å²) in [5.74, 6) is 0. The Kier molecular flexibility index (Phi) is 9.91. The van der Waals surface area contributed by atoms with E-state index in [-0.39, 0.29) is 0 Å². The van der Waals surface area contributed by atoms with E-state index in [9.17, 15) is 0 Å². The van der Waals surface area contributed by atoms with E-state index < -0.39 is 17.6 Å². The molecule has 0 aliphatic heterocycles. The summed E-state index contributed by atoms with van der Waals surface area (Å²) >= 11 is 0. The normalized spacial score (nSPS) is 11.8. The lowest BCUT2D eigenvalue weighted by Gasteiger charge is -2.24. The van der Waals surface area contributed by atoms with Crippen LogP contribution in [0.4, 0.5) is 0 Å². The molecule has 0 bridgehead atoms. The molecule has 0 spiro atoms. The van der Waals surface area contributed by atoms with Crippen LogP contribution in [0.5, 0.6) is 0 Å². The van der Waals surface area contributed by atoms with Crippen LogP contribution in [0.2, 0.25) is 6.55 Å². The molecule has 0 unspecified atom stereocenters. The highest BCUT2D eigenvalue weighted by Gasteiger charge is 2.40. The van der Waals surface area contributed by atoms with Crippen LogP contribution < -0.4 is 5.19 Å². The van der Waals surface area contributed by atoms with Gasteiger partial charge < -0.3 is 26.6 Å². The van der Waals surface area contributed by atoms with E-state index in [4.69, 9.17) is 26.6 Å². The maximum Gasteiger partial charge on any atom is 0.536 e. The summed E-state index contributed by atoms with van der Waals surface area (Å²) < 4.78 is 30.7. The molecular formula is C13H26O6Si2. The third kappa shape index (κ3) is 5.97. The van der Waals surface area contributed by atoms with Gasteiger partial charge >= 0.3 is 17.6 Å². The van der Waals surface area contributed by atoms with E-state index in [1.807, 2.05) is 36.9 Å². The fourth-order valence-electron chi connectivity index (χ4n) is 1.50. The molecule has 21 heavy (non-hydrogen) atoms. The average molecular weight is 335 g/mol. The first kappa shape index (κ1) is 20.4. The van der Waals surface area contributed by atoms with Gasteiger partial charge in [0.2, 0.25) is 0 Å². The molecule has 0 amide bonds. The van der Waals surface area contributed by atoms with Gasteiger partial charge in [-0.3, -0.25) is 0 Å². The molecule has 0 N–H and O–H groups in total. The zero-order chi connectivity index (χ0) is 16.4. The second kappa shape index (κ2) is 10.2. The van der Waals surface area contributed by atoms with Gasteiger partial charge in [-0.15, -0.1) is 0 Å². The fourth-order valence-corrected chi connectivity index (χ4v) is 3.80. The first-order valence-electron chi connectivity index (χ1n) is 6.33. The van der Waals surface area contributed by atoms with Gasteiger partial charge in [0.25, 0.3) is 0 Å². The van der Waals surface area contributed by atoms with E-state index in [1.54, 1.807) is 42.7 Å². The Bertz CT molecular complexity index is 352. The van der Waals surface area contributed by atoms with Crippen LogP contribution in [0.15, 0.2) is 30.3 Å². The molecule has 6 nitrogen and oxygen atoms in total. The Morgan fingerprint density at radius 3 is 1.24 bits per heavy atom. The number of hydrogen-bond donors (Lipinski definition) is 0. The second-order valence-corrected chi connectivity index (χ2v) is 9.87. The zero-order valence-electron chi connectivity index (χ0n) is 13.8. The van der Waals surface area contributed by atoms with Crippen LogP contribution in [0, 0.1) is 0 Å². The lowest BCUT2D eigenvalue weighted by Crippen LogP contribution is -2.54. The minimum atomic E-state index is -2.59. The summed E-state index contributed by atoms with van der Waals surface area (Å²) in [6.45, 7) is 1.83. The first-order valence-corrected chi connectivity index (χ1v) is 10.3. The van der Waals surface area contributed by atoms with Crippen LogP contribution >= 0.6 is 0 Å². The molecule has 8 heteroatoms. The van der Waals surface area contributed by atoms with Crippen molar-refractivity contribution < 1.29 is 26.6 Å². The topological polar surface area (TPSA) is 55.4 Å². The van der Waals surface area contributed by atoms with Crippen molar-refractivity contribution in [2.75, 3.05) is 42.7 Å². The van der Waals surface area contributed by atoms with Gasteiger partial charge in [-0.25, -0.2) is 0 Å². The van der Waals surface area contributed by atoms with E-state index in [2.05, 4.69) is 0 Å². The van der Waals surface area contributed by atoms with Crippen molar-refractivity contribution in [3.8, 4) is 0 Å². The van der Waals surface area contributed by atoms with Crippen molar-refractivity contribution in [1.82, 2.24) is 0 Å². The maximum absolute atomic E-state index is 5.32. The van der Waals surface area contributed by atoms with E-state index in [0.29, 0.717) is 0 Å². The zero-order valence-corrected chi connectivity index (χ0v) is 15.8. The highest BCUT2D eigenvalue weighted by atomic mass is 28.4. The average Bonchev–Trinajstić information content (AvgIpc) is 2.58. The molecule has 0 atom stereocenters. The Balaban J connectivity index is 0.000000433. The molecule has 1 rings (SSSR count). The van der Waals surface area contributed by atoms with Gasteiger partial charge in [0.1, 0.15) is 0 Å². The van der Waals surface area contributed by atoms with E-state index in [0.717, 1.165) is 5.19 Å². The lowest BCUT2D eigenvalue weighted by molar-refractivity contribution is 0.132. The van der Waals surface area contributed by atoms with Gasteiger partial charge in [0.15, 0.2) is 0 Å². The Morgan fingerprint density at radius 1 is 0.619 bits per heavy atom. The molecule has 1 aromatic carbocycles. The molecule has 0 aliphatic rings. The van der Waals surface area contributed by atoms with Crippen molar-refractivity contribution in [3.63, 3.8) is 0 Å². The summed E-state index contributed by atoms with van der Waals surface area (Å²) in [4.78, 5) is 0. The highest BCUT2D eigenvalue weighted by Crippen LogP contribution is 2.06. The second-order valence-electron chi connectivity index (χ2n) is 4.01. The molecule has 0 aromatic heterocycles. The number of hydrogen-bond acceptors (Lipinski definition) is 6. The van der Waals surface area contributed by atoms with Crippen LogP contribution in [0.1, 0.15) is 0 Å². The summed E-state index contributed by atoms with van der Waals surface area (Å²) in [6.07, 6.45) is 0. The van der Waals surface area contributed by atoms with Gasteiger partial charge in [-0.2, -0.15) is 0 Å². The van der Waals surface area contributed by atoms with Crippen molar-refractivity contribution in [2.45, 2.75) is 6.55 Å². The molecule has 1 aromatic rings. The molecular weight excluding hydrogens is 308 g/mol. The standard InChI is InChI=1S/C9H14O3Si.C4H12O3Si/c1-10-13(11-2,12-3)9-7-5-4-6-8-9;1-5-8(4,6-2)7-3/h4-8H,1-3H3;1-4H3. The Labute approximate surface area is 129 Å². The van der Waals surface area contributed by atoms with Crippen molar-refractivity contribution in [3.05, 3.63) is 30.3 Å². The largest absolute Gasteiger partial charge is 0.536 e. The Hall–Kier alpha value is -0.586. The predicted octanol–water partition coefficient (Wildman–Crippen LogP) is 1.27. The highest BCUT2D eigenvalue weighted by molar-refractivity contribution is 6.75. The van der Waals surface area contributed by atoms with Crippen LogP contribution in [-0.4, -0.2) is 60.3 Å². The van der Waals surface area contributed by atoms with Crippen LogP contribution in [0.25, 0.3) is 0 Å². The van der Waals surface area contributed by atoms with Crippen molar-refractivity contribution in [1.29, 1.82) is 0 Å². The lowest BCUT2D eigenvalue weighted by atomic mass is 10.4. The number of benzene rings is 1. The summed E-state index contributed by atoms with van der Waals surface area (Å²) in [5.41, 5.74) is 0. The van der Waals surface area contributed by atoms with Crippen molar-refractivity contribution >= 4 is 22.8 Å². The third-order valence-corrected chi connectivity index (χ3v) is 7.92. The van der Waals surface area contributed by atoms with Crippen molar-refractivity contribution in [2.24, 2.45) is 0 Å². The summed E-state index contributed by atoms with van der Waals surface area (Å²) in [6, 6.07) is 9.72. The fraction of sp³-hybridized carbons (Fsp3) is 0.538. The van der Waals surface area contributed by atoms with Crippen LogP contribution in [0.3, 0.4) is 0 Å². The van der Waals surface area contributed by atoms with E-state index >= 15 is 0 Å². The van der Waals surface area contributed by atoms with E-state index in [1.165, 1.54) is 0 Å². The predicted molar refractivity (Wildman–Crippen MR) is 85.5 cm³/mol. The third-order valence-electron chi connectivity index (χ3n) is 3.05. The molecule has 122 valence electrons. The van der Waals surface area contributed by atoms with Gasteiger partial charge in [0.05, 0.1) is 0 Å².